The number of hydrogen-bond donors (Lipinski definition) is 2. The van der Waals surface area contributed by atoms with Crippen molar-refractivity contribution in [1.82, 2.24) is 10.3 Å². The summed E-state index contributed by atoms with van der Waals surface area (Å²) in [5, 5.41) is 17.7. The van der Waals surface area contributed by atoms with Gasteiger partial charge in [0.25, 0.3) is 0 Å². The highest BCUT2D eigenvalue weighted by Gasteiger charge is 2.15. The van der Waals surface area contributed by atoms with Crippen LogP contribution < -0.4 is 5.32 Å². The van der Waals surface area contributed by atoms with Gasteiger partial charge in [0.1, 0.15) is 0 Å². The highest BCUT2D eigenvalue weighted by atomic mass is 16.6. The molecule has 0 unspecified atom stereocenters. The normalized spacial score (nSPS) is 9.55. The molecule has 1 rings (SSSR count). The summed E-state index contributed by atoms with van der Waals surface area (Å²) in [5.41, 5.74) is -0.188. The predicted molar refractivity (Wildman–Crippen MR) is 35.4 cm³/mol. The summed E-state index contributed by atoms with van der Waals surface area (Å²) in [6.45, 7) is 2.40. The molecule has 1 aromatic rings. The maximum Gasteiger partial charge on any atom is 0.362 e. The van der Waals surface area contributed by atoms with Crippen LogP contribution in [0.15, 0.2) is 4.63 Å². The van der Waals surface area contributed by atoms with Crippen molar-refractivity contribution in [3.63, 3.8) is 0 Å². The summed E-state index contributed by atoms with van der Waals surface area (Å²) in [4.78, 5) is 10.4. The number of carbonyl (C=O) groups is 1. The average Bonchev–Trinajstić information content (AvgIpc) is 2.36. The van der Waals surface area contributed by atoms with E-state index in [-0.39, 0.29) is 11.5 Å². The summed E-state index contributed by atoms with van der Waals surface area (Å²) < 4.78 is 4.22. The molecule has 2 N–H and O–H groups in total. The van der Waals surface area contributed by atoms with Gasteiger partial charge in [-0.3, -0.25) is 0 Å². The minimum atomic E-state index is -1.15. The van der Waals surface area contributed by atoms with Gasteiger partial charge >= 0.3 is 5.97 Å². The molecule has 1 aromatic heterocycles. The molecule has 0 atom stereocenters. The maximum atomic E-state index is 10.4. The first kappa shape index (κ1) is 7.52. The molecule has 6 nitrogen and oxygen atoms in total. The lowest BCUT2D eigenvalue weighted by molar-refractivity contribution is 0.0685. The molecule has 0 saturated carbocycles. The zero-order valence-electron chi connectivity index (χ0n) is 5.87. The van der Waals surface area contributed by atoms with E-state index in [2.05, 4.69) is 20.3 Å². The molecular weight excluding hydrogens is 150 g/mol. The average molecular weight is 157 g/mol. The van der Waals surface area contributed by atoms with Gasteiger partial charge in [-0.15, -0.1) is 0 Å². The Kier molecular flexibility index (Phi) is 2.05. The van der Waals surface area contributed by atoms with Crippen molar-refractivity contribution in [2.24, 2.45) is 0 Å². The van der Waals surface area contributed by atoms with Gasteiger partial charge in [-0.1, -0.05) is 0 Å². The Morgan fingerprint density at radius 3 is 3.00 bits per heavy atom. The molecule has 0 saturated heterocycles. The Labute approximate surface area is 62.2 Å². The third-order valence-electron chi connectivity index (χ3n) is 1.04. The van der Waals surface area contributed by atoms with E-state index in [0.29, 0.717) is 6.54 Å². The minimum Gasteiger partial charge on any atom is -0.476 e. The molecule has 0 bridgehead atoms. The Balaban J connectivity index is 2.87. The predicted octanol–water partition coefficient (Wildman–Crippen LogP) is 0.200. The Hall–Kier alpha value is -1.59. The second-order valence-corrected chi connectivity index (χ2v) is 1.80. The van der Waals surface area contributed by atoms with E-state index in [1.165, 1.54) is 0 Å². The van der Waals surface area contributed by atoms with Gasteiger partial charge in [0.15, 0.2) is 0 Å². The largest absolute Gasteiger partial charge is 0.476 e. The molecule has 0 aromatic carbocycles. The van der Waals surface area contributed by atoms with Gasteiger partial charge in [0, 0.05) is 6.54 Å². The van der Waals surface area contributed by atoms with Crippen LogP contribution in [-0.4, -0.2) is 27.9 Å². The molecule has 6 heteroatoms. The molecule has 11 heavy (non-hydrogen) atoms. The molecule has 1 heterocycles. The summed E-state index contributed by atoms with van der Waals surface area (Å²) in [6, 6.07) is 0. The summed E-state index contributed by atoms with van der Waals surface area (Å²) in [7, 11) is 0. The lowest BCUT2D eigenvalue weighted by Gasteiger charge is -1.93. The van der Waals surface area contributed by atoms with Crippen LogP contribution in [0, 0.1) is 0 Å². The first-order valence-corrected chi connectivity index (χ1v) is 3.05. The molecule has 0 aliphatic heterocycles. The number of carboxylic acid groups (broad SMARTS) is 1. The minimum absolute atomic E-state index is 0.167. The number of hydrogen-bond acceptors (Lipinski definition) is 5. The number of nitrogens with one attached hydrogen (secondary N) is 1. The molecule has 0 fully saturated rings. The molecule has 0 aliphatic carbocycles. The number of aromatic carboxylic acids is 1. The van der Waals surface area contributed by atoms with E-state index in [9.17, 15) is 4.79 Å². The summed E-state index contributed by atoms with van der Waals surface area (Å²) in [5.74, 6) is -0.984. The summed E-state index contributed by atoms with van der Waals surface area (Å²) in [6.07, 6.45) is 0. The van der Waals surface area contributed by atoms with E-state index in [1.807, 2.05) is 6.92 Å². The van der Waals surface area contributed by atoms with Crippen LogP contribution in [0.5, 0.6) is 0 Å². The van der Waals surface area contributed by atoms with Gasteiger partial charge in [-0.25, -0.2) is 9.42 Å². The fourth-order valence-electron chi connectivity index (χ4n) is 0.612. The molecule has 60 valence electrons. The lowest BCUT2D eigenvalue weighted by Crippen LogP contribution is -2.04. The van der Waals surface area contributed by atoms with E-state index in [4.69, 9.17) is 5.11 Å². The highest BCUT2D eigenvalue weighted by Crippen LogP contribution is 2.07. The first-order valence-electron chi connectivity index (χ1n) is 3.05. The van der Waals surface area contributed by atoms with Crippen molar-refractivity contribution in [3.8, 4) is 0 Å². The zero-order chi connectivity index (χ0) is 8.27. The van der Waals surface area contributed by atoms with Crippen LogP contribution >= 0.6 is 0 Å². The monoisotopic (exact) mass is 157 g/mol. The molecule has 0 amide bonds. The fraction of sp³-hybridized carbons (Fsp3) is 0.400. The number of carboxylic acids is 1. The third kappa shape index (κ3) is 1.46. The second-order valence-electron chi connectivity index (χ2n) is 1.80. The number of rotatable bonds is 3. The van der Waals surface area contributed by atoms with Crippen molar-refractivity contribution in [2.75, 3.05) is 11.9 Å². The number of nitrogens with zero attached hydrogens (tertiary/aromatic N) is 2. The van der Waals surface area contributed by atoms with E-state index in [0.717, 1.165) is 0 Å². The van der Waals surface area contributed by atoms with Gasteiger partial charge in [0.2, 0.25) is 11.5 Å². The van der Waals surface area contributed by atoms with Crippen molar-refractivity contribution < 1.29 is 14.5 Å². The van der Waals surface area contributed by atoms with Crippen molar-refractivity contribution in [2.45, 2.75) is 6.92 Å². The quantitative estimate of drug-likeness (QED) is 0.651. The lowest BCUT2D eigenvalue weighted by atomic mass is 10.4. The standard InChI is InChI=1S/C5H7N3O3/c1-2-6-4-3(5(9)10)7-11-8-4/h2H2,1H3,(H,6,8)(H,9,10). The SMILES string of the molecule is CCNc1nonc1C(=O)O. The number of anilines is 1. The third-order valence-corrected chi connectivity index (χ3v) is 1.04. The van der Waals surface area contributed by atoms with E-state index >= 15 is 0 Å². The highest BCUT2D eigenvalue weighted by molar-refractivity contribution is 5.90. The van der Waals surface area contributed by atoms with Crippen LogP contribution in [0.2, 0.25) is 0 Å². The van der Waals surface area contributed by atoms with Gasteiger partial charge in [-0.05, 0) is 17.2 Å². The van der Waals surface area contributed by atoms with E-state index in [1.54, 1.807) is 0 Å². The molecule has 0 aliphatic rings. The molecule has 0 radical (unpaired) electrons. The number of aromatic nitrogens is 2. The Morgan fingerprint density at radius 2 is 2.45 bits per heavy atom. The van der Waals surface area contributed by atoms with Crippen molar-refractivity contribution >= 4 is 11.8 Å². The van der Waals surface area contributed by atoms with Crippen LogP contribution in [0.25, 0.3) is 0 Å². The summed E-state index contributed by atoms with van der Waals surface area (Å²) >= 11 is 0. The van der Waals surface area contributed by atoms with E-state index < -0.39 is 5.97 Å². The smallest absolute Gasteiger partial charge is 0.362 e. The maximum absolute atomic E-state index is 10.4. The van der Waals surface area contributed by atoms with Crippen molar-refractivity contribution in [1.29, 1.82) is 0 Å². The van der Waals surface area contributed by atoms with Crippen LogP contribution in [0.1, 0.15) is 17.4 Å². The fourth-order valence-corrected chi connectivity index (χ4v) is 0.612. The van der Waals surface area contributed by atoms with Gasteiger partial charge in [0.05, 0.1) is 0 Å². The van der Waals surface area contributed by atoms with Gasteiger partial charge < -0.3 is 10.4 Å². The molecular formula is C5H7N3O3. The zero-order valence-corrected chi connectivity index (χ0v) is 5.87. The Bertz CT molecular complexity index is 257. The topological polar surface area (TPSA) is 88.3 Å². The van der Waals surface area contributed by atoms with Crippen LogP contribution in [-0.2, 0) is 0 Å². The van der Waals surface area contributed by atoms with Crippen molar-refractivity contribution in [3.05, 3.63) is 5.69 Å². The molecule has 0 spiro atoms. The van der Waals surface area contributed by atoms with Crippen LogP contribution in [0.4, 0.5) is 5.82 Å². The van der Waals surface area contributed by atoms with Crippen LogP contribution in [0.3, 0.4) is 0 Å². The van der Waals surface area contributed by atoms with Gasteiger partial charge in [-0.2, -0.15) is 0 Å². The second kappa shape index (κ2) is 3.00. The Morgan fingerprint density at radius 1 is 1.73 bits per heavy atom. The first-order chi connectivity index (χ1) is 5.25.